The smallest absolute Gasteiger partial charge is 0.173 e. The first-order chi connectivity index (χ1) is 8.04. The number of hydrogen-bond donors (Lipinski definition) is 2. The van der Waals surface area contributed by atoms with E-state index in [9.17, 15) is 0 Å². The fraction of sp³-hybridized carbons (Fsp3) is 0.462. The zero-order valence-corrected chi connectivity index (χ0v) is 10.6. The Morgan fingerprint density at radius 2 is 2.18 bits per heavy atom. The van der Waals surface area contributed by atoms with E-state index < -0.39 is 0 Å². The summed E-state index contributed by atoms with van der Waals surface area (Å²) in [5.41, 5.74) is 7.31. The van der Waals surface area contributed by atoms with E-state index in [2.05, 4.69) is 19.0 Å². The fourth-order valence-electron chi connectivity index (χ4n) is 1.42. The van der Waals surface area contributed by atoms with E-state index in [-0.39, 0.29) is 5.84 Å². The van der Waals surface area contributed by atoms with Crippen molar-refractivity contribution in [2.24, 2.45) is 16.8 Å². The molecule has 3 N–H and O–H groups in total. The molecule has 0 radical (unpaired) electrons. The lowest BCUT2D eigenvalue weighted by Gasteiger charge is -2.12. The standard InChI is InChI=1S/C13H20N2O2/c1-9(2)6-7-17-12-8-10(3)4-5-11(12)13(14)15-16/h4-5,8-9,16H,6-7H2,1-3H3,(H2,14,15). The summed E-state index contributed by atoms with van der Waals surface area (Å²) in [7, 11) is 0. The second-order valence-corrected chi connectivity index (χ2v) is 4.52. The number of rotatable bonds is 5. The number of ether oxygens (including phenoxy) is 1. The van der Waals surface area contributed by atoms with Crippen LogP contribution in [0.25, 0.3) is 0 Å². The van der Waals surface area contributed by atoms with E-state index in [0.29, 0.717) is 23.8 Å². The maximum absolute atomic E-state index is 8.70. The molecule has 0 aromatic heterocycles. The van der Waals surface area contributed by atoms with Crippen LogP contribution in [0.5, 0.6) is 5.75 Å². The number of hydrogen-bond acceptors (Lipinski definition) is 3. The number of nitrogens with two attached hydrogens (primary N) is 1. The molecule has 0 unspecified atom stereocenters. The minimum absolute atomic E-state index is 0.0737. The topological polar surface area (TPSA) is 67.8 Å². The third-order valence-electron chi connectivity index (χ3n) is 2.47. The Morgan fingerprint density at radius 3 is 2.76 bits per heavy atom. The average molecular weight is 236 g/mol. The van der Waals surface area contributed by atoms with Crippen LogP contribution in [0.2, 0.25) is 0 Å². The van der Waals surface area contributed by atoms with Gasteiger partial charge in [0.05, 0.1) is 12.2 Å². The molecule has 0 aliphatic carbocycles. The number of amidine groups is 1. The van der Waals surface area contributed by atoms with Crippen LogP contribution >= 0.6 is 0 Å². The highest BCUT2D eigenvalue weighted by molar-refractivity contribution is 5.99. The normalized spacial score (nSPS) is 11.9. The molecule has 0 fully saturated rings. The maximum atomic E-state index is 8.70. The van der Waals surface area contributed by atoms with E-state index in [4.69, 9.17) is 15.7 Å². The highest BCUT2D eigenvalue weighted by atomic mass is 16.5. The van der Waals surface area contributed by atoms with Gasteiger partial charge < -0.3 is 15.7 Å². The summed E-state index contributed by atoms with van der Waals surface area (Å²) >= 11 is 0. The van der Waals surface area contributed by atoms with Crippen molar-refractivity contribution in [3.05, 3.63) is 29.3 Å². The van der Waals surface area contributed by atoms with Gasteiger partial charge in [-0.3, -0.25) is 0 Å². The van der Waals surface area contributed by atoms with E-state index in [0.717, 1.165) is 12.0 Å². The van der Waals surface area contributed by atoms with Crippen molar-refractivity contribution in [2.75, 3.05) is 6.61 Å². The molecule has 0 atom stereocenters. The Kier molecular flexibility index (Phi) is 4.82. The Bertz CT molecular complexity index is 400. The molecule has 0 amide bonds. The van der Waals surface area contributed by atoms with Gasteiger partial charge in [-0.25, -0.2) is 0 Å². The molecule has 0 spiro atoms. The van der Waals surface area contributed by atoms with Crippen molar-refractivity contribution < 1.29 is 9.94 Å². The molecule has 4 heteroatoms. The van der Waals surface area contributed by atoms with Gasteiger partial charge in [0.1, 0.15) is 5.75 Å². The van der Waals surface area contributed by atoms with E-state index in [1.807, 2.05) is 19.1 Å². The minimum Gasteiger partial charge on any atom is -0.493 e. The van der Waals surface area contributed by atoms with Crippen LogP contribution in [-0.4, -0.2) is 17.6 Å². The number of aryl methyl sites for hydroxylation is 1. The van der Waals surface area contributed by atoms with Gasteiger partial charge in [-0.05, 0) is 37.0 Å². The molecular weight excluding hydrogens is 216 g/mol. The van der Waals surface area contributed by atoms with Gasteiger partial charge in [-0.2, -0.15) is 0 Å². The molecule has 1 aromatic carbocycles. The molecule has 0 aliphatic rings. The zero-order chi connectivity index (χ0) is 12.8. The number of benzene rings is 1. The Balaban J connectivity index is 2.84. The van der Waals surface area contributed by atoms with Crippen LogP contribution in [0.15, 0.2) is 23.4 Å². The first-order valence-electron chi connectivity index (χ1n) is 5.76. The Morgan fingerprint density at radius 1 is 1.47 bits per heavy atom. The maximum Gasteiger partial charge on any atom is 0.173 e. The van der Waals surface area contributed by atoms with Crippen LogP contribution in [-0.2, 0) is 0 Å². The lowest BCUT2D eigenvalue weighted by molar-refractivity contribution is 0.288. The van der Waals surface area contributed by atoms with Crippen LogP contribution in [0.3, 0.4) is 0 Å². The van der Waals surface area contributed by atoms with Gasteiger partial charge in [0.2, 0.25) is 0 Å². The summed E-state index contributed by atoms with van der Waals surface area (Å²) in [5, 5.41) is 11.7. The van der Waals surface area contributed by atoms with Gasteiger partial charge in [0.15, 0.2) is 5.84 Å². The summed E-state index contributed by atoms with van der Waals surface area (Å²) in [4.78, 5) is 0. The Labute approximate surface area is 102 Å². The molecule has 0 saturated heterocycles. The summed E-state index contributed by atoms with van der Waals surface area (Å²) in [6, 6.07) is 5.60. The van der Waals surface area contributed by atoms with Crippen molar-refractivity contribution in [3.63, 3.8) is 0 Å². The fourth-order valence-corrected chi connectivity index (χ4v) is 1.42. The van der Waals surface area contributed by atoms with Gasteiger partial charge in [0.25, 0.3) is 0 Å². The van der Waals surface area contributed by atoms with Crippen molar-refractivity contribution in [1.29, 1.82) is 0 Å². The molecule has 4 nitrogen and oxygen atoms in total. The molecule has 1 rings (SSSR count). The second-order valence-electron chi connectivity index (χ2n) is 4.52. The van der Waals surface area contributed by atoms with Gasteiger partial charge in [0, 0.05) is 0 Å². The lowest BCUT2D eigenvalue weighted by atomic mass is 10.1. The summed E-state index contributed by atoms with van der Waals surface area (Å²) < 4.78 is 5.68. The average Bonchev–Trinajstić information content (AvgIpc) is 2.28. The van der Waals surface area contributed by atoms with Crippen LogP contribution in [0.4, 0.5) is 0 Å². The largest absolute Gasteiger partial charge is 0.493 e. The van der Waals surface area contributed by atoms with Gasteiger partial charge >= 0.3 is 0 Å². The van der Waals surface area contributed by atoms with Crippen LogP contribution in [0, 0.1) is 12.8 Å². The predicted molar refractivity (Wildman–Crippen MR) is 68.6 cm³/mol. The SMILES string of the molecule is Cc1ccc(C(N)=NO)c(OCCC(C)C)c1. The molecule has 0 saturated carbocycles. The molecular formula is C13H20N2O2. The molecule has 0 heterocycles. The summed E-state index contributed by atoms with van der Waals surface area (Å²) in [5.74, 6) is 1.33. The minimum atomic E-state index is 0.0737. The number of oxime groups is 1. The quantitative estimate of drug-likeness (QED) is 0.357. The molecule has 94 valence electrons. The van der Waals surface area contributed by atoms with Crippen LogP contribution in [0.1, 0.15) is 31.4 Å². The van der Waals surface area contributed by atoms with Crippen molar-refractivity contribution in [1.82, 2.24) is 0 Å². The Hall–Kier alpha value is -1.71. The summed E-state index contributed by atoms with van der Waals surface area (Å²) in [6.45, 7) is 6.90. The highest BCUT2D eigenvalue weighted by Crippen LogP contribution is 2.20. The van der Waals surface area contributed by atoms with Crippen LogP contribution < -0.4 is 10.5 Å². The molecule has 17 heavy (non-hydrogen) atoms. The van der Waals surface area contributed by atoms with Crippen molar-refractivity contribution in [3.8, 4) is 5.75 Å². The predicted octanol–water partition coefficient (Wildman–Crippen LogP) is 2.51. The second kappa shape index (κ2) is 6.13. The van der Waals surface area contributed by atoms with Gasteiger partial charge in [-0.1, -0.05) is 25.1 Å². The third kappa shape index (κ3) is 3.98. The first-order valence-corrected chi connectivity index (χ1v) is 5.76. The first kappa shape index (κ1) is 13.4. The van der Waals surface area contributed by atoms with Gasteiger partial charge in [-0.15, -0.1) is 0 Å². The molecule has 1 aromatic rings. The molecule has 0 aliphatic heterocycles. The zero-order valence-electron chi connectivity index (χ0n) is 10.6. The van der Waals surface area contributed by atoms with Crippen molar-refractivity contribution >= 4 is 5.84 Å². The lowest BCUT2D eigenvalue weighted by Crippen LogP contribution is -2.15. The highest BCUT2D eigenvalue weighted by Gasteiger charge is 2.08. The van der Waals surface area contributed by atoms with E-state index in [1.54, 1.807) is 6.07 Å². The summed E-state index contributed by atoms with van der Waals surface area (Å²) in [6.07, 6.45) is 0.976. The van der Waals surface area contributed by atoms with E-state index in [1.165, 1.54) is 0 Å². The number of nitrogens with zero attached hydrogens (tertiary/aromatic N) is 1. The third-order valence-corrected chi connectivity index (χ3v) is 2.47. The van der Waals surface area contributed by atoms with E-state index >= 15 is 0 Å². The monoisotopic (exact) mass is 236 g/mol. The molecule has 0 bridgehead atoms. The van der Waals surface area contributed by atoms with Crippen molar-refractivity contribution in [2.45, 2.75) is 27.2 Å².